The molecule has 0 spiro atoms. The molecule has 1 aliphatic carbocycles. The van der Waals surface area contributed by atoms with Crippen molar-refractivity contribution in [3.8, 4) is 0 Å². The smallest absolute Gasteiger partial charge is 0.313 e. The molecule has 1 fully saturated rings. The van der Waals surface area contributed by atoms with E-state index in [1.54, 1.807) is 0 Å². The Labute approximate surface area is 97.2 Å². The summed E-state index contributed by atoms with van der Waals surface area (Å²) < 4.78 is 5.28. The fourth-order valence-electron chi connectivity index (χ4n) is 2.97. The van der Waals surface area contributed by atoms with Crippen LogP contribution in [0.25, 0.3) is 0 Å². The van der Waals surface area contributed by atoms with E-state index in [2.05, 4.69) is 17.5 Å². The first-order chi connectivity index (χ1) is 7.79. The Hall–Kier alpha value is -0.830. The van der Waals surface area contributed by atoms with Crippen molar-refractivity contribution >= 4 is 5.97 Å². The van der Waals surface area contributed by atoms with Crippen LogP contribution in [-0.2, 0) is 9.53 Å². The molecule has 0 radical (unpaired) electrons. The third-order valence-corrected chi connectivity index (χ3v) is 3.85. The first kappa shape index (κ1) is 11.6. The molecule has 1 heterocycles. The van der Waals surface area contributed by atoms with E-state index in [1.807, 2.05) is 6.92 Å². The minimum atomic E-state index is -0.290. The van der Waals surface area contributed by atoms with Crippen molar-refractivity contribution in [3.05, 3.63) is 12.2 Å². The van der Waals surface area contributed by atoms with Gasteiger partial charge in [0, 0.05) is 12.6 Å². The van der Waals surface area contributed by atoms with E-state index >= 15 is 0 Å². The average molecular weight is 223 g/mol. The van der Waals surface area contributed by atoms with E-state index in [4.69, 9.17) is 4.74 Å². The Bertz CT molecular complexity index is 288. The molecule has 0 saturated heterocycles. The molecule has 0 amide bonds. The van der Waals surface area contributed by atoms with Crippen molar-refractivity contribution < 1.29 is 9.53 Å². The van der Waals surface area contributed by atoms with Crippen molar-refractivity contribution in [2.24, 2.45) is 5.41 Å². The molecule has 3 nitrogen and oxygen atoms in total. The van der Waals surface area contributed by atoms with E-state index in [1.165, 1.54) is 6.42 Å². The summed E-state index contributed by atoms with van der Waals surface area (Å²) >= 11 is 0. The lowest BCUT2D eigenvalue weighted by atomic mass is 9.68. The van der Waals surface area contributed by atoms with E-state index in [0.717, 1.165) is 32.2 Å². The van der Waals surface area contributed by atoms with Gasteiger partial charge in [-0.15, -0.1) is 0 Å². The highest BCUT2D eigenvalue weighted by atomic mass is 16.5. The molecule has 1 aliphatic heterocycles. The van der Waals surface area contributed by atoms with Gasteiger partial charge < -0.3 is 10.1 Å². The molecule has 2 atom stereocenters. The van der Waals surface area contributed by atoms with Crippen molar-refractivity contribution in [1.29, 1.82) is 0 Å². The first-order valence-electron chi connectivity index (χ1n) is 6.35. The Kier molecular flexibility index (Phi) is 3.64. The summed E-state index contributed by atoms with van der Waals surface area (Å²) in [5.74, 6) is -0.00116. The normalized spacial score (nSPS) is 33.9. The zero-order valence-corrected chi connectivity index (χ0v) is 10.00. The minimum absolute atomic E-state index is 0.00116. The summed E-state index contributed by atoms with van der Waals surface area (Å²) in [5, 5.41) is 3.48. The number of allylic oxidation sites excluding steroid dienone is 1. The summed E-state index contributed by atoms with van der Waals surface area (Å²) in [7, 11) is 0. The fourth-order valence-corrected chi connectivity index (χ4v) is 2.97. The van der Waals surface area contributed by atoms with E-state index in [-0.39, 0.29) is 11.4 Å². The van der Waals surface area contributed by atoms with Crippen molar-refractivity contribution in [2.75, 3.05) is 13.2 Å². The van der Waals surface area contributed by atoms with Gasteiger partial charge in [-0.05, 0) is 26.2 Å². The predicted octanol–water partition coefficient (Wildman–Crippen LogP) is 2.03. The maximum atomic E-state index is 12.2. The number of hydrogen-bond acceptors (Lipinski definition) is 3. The van der Waals surface area contributed by atoms with Crippen LogP contribution in [0.2, 0.25) is 0 Å². The fraction of sp³-hybridized carbons (Fsp3) is 0.769. The minimum Gasteiger partial charge on any atom is -0.466 e. The number of nitrogens with one attached hydrogen (secondary N) is 1. The number of fused-ring (bicyclic) bond motifs is 1. The van der Waals surface area contributed by atoms with Crippen LogP contribution in [0.3, 0.4) is 0 Å². The van der Waals surface area contributed by atoms with Crippen molar-refractivity contribution in [3.63, 3.8) is 0 Å². The number of esters is 1. The van der Waals surface area contributed by atoms with Gasteiger partial charge in [-0.2, -0.15) is 0 Å². The second-order valence-electron chi connectivity index (χ2n) is 4.76. The SMILES string of the molecule is CCOC(=O)[C@]12CC=CCN[C@H]1CCCC2. The van der Waals surface area contributed by atoms with E-state index in [0.29, 0.717) is 12.6 Å². The summed E-state index contributed by atoms with van der Waals surface area (Å²) in [6.45, 7) is 3.25. The van der Waals surface area contributed by atoms with Gasteiger partial charge >= 0.3 is 5.97 Å². The van der Waals surface area contributed by atoms with Crippen LogP contribution >= 0.6 is 0 Å². The van der Waals surface area contributed by atoms with Gasteiger partial charge in [0.2, 0.25) is 0 Å². The monoisotopic (exact) mass is 223 g/mol. The summed E-state index contributed by atoms with van der Waals surface area (Å²) in [6, 6.07) is 0.301. The van der Waals surface area contributed by atoms with Crippen LogP contribution in [0.4, 0.5) is 0 Å². The highest BCUT2D eigenvalue weighted by Crippen LogP contribution is 2.41. The molecule has 0 bridgehead atoms. The first-order valence-corrected chi connectivity index (χ1v) is 6.35. The standard InChI is InChI=1S/C13H21NO2/c1-2-16-12(15)13-8-4-3-7-11(13)14-10-6-5-9-13/h5-6,11,14H,2-4,7-10H2,1H3/t11-,13+/m0/s1. The van der Waals surface area contributed by atoms with Crippen molar-refractivity contribution in [2.45, 2.75) is 45.1 Å². The van der Waals surface area contributed by atoms with Gasteiger partial charge in [-0.3, -0.25) is 4.79 Å². The molecular formula is C13H21NO2. The number of hydrogen-bond donors (Lipinski definition) is 1. The highest BCUT2D eigenvalue weighted by molar-refractivity contribution is 5.78. The lowest BCUT2D eigenvalue weighted by Gasteiger charge is -2.41. The predicted molar refractivity (Wildman–Crippen MR) is 63.1 cm³/mol. The lowest BCUT2D eigenvalue weighted by Crippen LogP contribution is -2.51. The Morgan fingerprint density at radius 1 is 1.50 bits per heavy atom. The van der Waals surface area contributed by atoms with Crippen LogP contribution in [-0.4, -0.2) is 25.2 Å². The van der Waals surface area contributed by atoms with Gasteiger partial charge in [-0.1, -0.05) is 25.0 Å². The van der Waals surface area contributed by atoms with Crippen molar-refractivity contribution in [1.82, 2.24) is 5.32 Å². The molecule has 0 aromatic rings. The van der Waals surface area contributed by atoms with Crippen LogP contribution in [0.15, 0.2) is 12.2 Å². The summed E-state index contributed by atoms with van der Waals surface area (Å²) in [6.07, 6.45) is 9.52. The number of carbonyl (C=O) groups excluding carboxylic acids is 1. The maximum Gasteiger partial charge on any atom is 0.313 e. The maximum absolute atomic E-state index is 12.2. The Balaban J connectivity index is 2.21. The summed E-state index contributed by atoms with van der Waals surface area (Å²) in [4.78, 5) is 12.2. The molecule has 90 valence electrons. The topological polar surface area (TPSA) is 38.3 Å². The largest absolute Gasteiger partial charge is 0.466 e. The molecule has 2 rings (SSSR count). The molecule has 0 aromatic carbocycles. The Morgan fingerprint density at radius 2 is 2.38 bits per heavy atom. The second kappa shape index (κ2) is 5.00. The molecule has 0 unspecified atom stereocenters. The van der Waals surface area contributed by atoms with Gasteiger partial charge in [0.05, 0.1) is 12.0 Å². The number of carbonyl (C=O) groups is 1. The van der Waals surface area contributed by atoms with Crippen LogP contribution in [0.1, 0.15) is 39.0 Å². The van der Waals surface area contributed by atoms with E-state index < -0.39 is 0 Å². The molecule has 1 N–H and O–H groups in total. The quantitative estimate of drug-likeness (QED) is 0.575. The van der Waals surface area contributed by atoms with Crippen LogP contribution in [0, 0.1) is 5.41 Å². The molecule has 2 aliphatic rings. The van der Waals surface area contributed by atoms with E-state index in [9.17, 15) is 4.79 Å². The highest BCUT2D eigenvalue weighted by Gasteiger charge is 2.47. The third-order valence-electron chi connectivity index (χ3n) is 3.85. The molecule has 1 saturated carbocycles. The van der Waals surface area contributed by atoms with Crippen LogP contribution < -0.4 is 5.32 Å². The van der Waals surface area contributed by atoms with Gasteiger partial charge in [0.25, 0.3) is 0 Å². The second-order valence-corrected chi connectivity index (χ2v) is 4.76. The molecule has 16 heavy (non-hydrogen) atoms. The molecule has 0 aromatic heterocycles. The summed E-state index contributed by atoms with van der Waals surface area (Å²) in [5.41, 5.74) is -0.290. The zero-order valence-electron chi connectivity index (χ0n) is 10.00. The average Bonchev–Trinajstić information content (AvgIpc) is 2.52. The molecular weight excluding hydrogens is 202 g/mol. The molecule has 3 heteroatoms. The number of rotatable bonds is 2. The number of ether oxygens (including phenoxy) is 1. The Morgan fingerprint density at radius 3 is 3.19 bits per heavy atom. The van der Waals surface area contributed by atoms with Gasteiger partial charge in [-0.25, -0.2) is 0 Å². The van der Waals surface area contributed by atoms with Crippen LogP contribution in [0.5, 0.6) is 0 Å². The third kappa shape index (κ3) is 2.01. The lowest BCUT2D eigenvalue weighted by molar-refractivity contribution is -0.159. The van der Waals surface area contributed by atoms with Gasteiger partial charge in [0.15, 0.2) is 0 Å². The zero-order chi connectivity index (χ0) is 11.4. The van der Waals surface area contributed by atoms with Gasteiger partial charge in [0.1, 0.15) is 0 Å².